The molecule has 0 fully saturated rings. The number of hydrogen-bond acceptors (Lipinski definition) is 5. The van der Waals surface area contributed by atoms with Crippen LogP contribution in [0, 0.1) is 41.5 Å². The molecular weight excluding hydrogens is 769 g/mol. The zero-order valence-electron chi connectivity index (χ0n) is 36.7. The SMILES string of the molecule is CCc1cc2c3c(c1)N(c1c(C)cc(C)cc1C)c1cc4c5ccccc5n(-c5ccccn5)c4cc1B3c1cc(-c3nc4ccccc4o3)ccc1N2c1c(C)cc(C)cc1C. The Kier molecular flexibility index (Phi) is 8.20. The molecule has 5 heterocycles. The van der Waals surface area contributed by atoms with Crippen LogP contribution in [0.1, 0.15) is 45.9 Å². The second-order valence-corrected chi connectivity index (χ2v) is 17.7. The number of fused-ring (bicyclic) bond motifs is 8. The molecule has 0 unspecified atom stereocenters. The number of nitrogens with zero attached hydrogens (tertiary/aromatic N) is 5. The summed E-state index contributed by atoms with van der Waals surface area (Å²) >= 11 is 0. The van der Waals surface area contributed by atoms with Gasteiger partial charge in [0.25, 0.3) is 6.71 Å². The molecule has 0 radical (unpaired) electrons. The third-order valence-electron chi connectivity index (χ3n) is 13.5. The molecule has 12 rings (SSSR count). The fourth-order valence-electron chi connectivity index (χ4n) is 11.1. The van der Waals surface area contributed by atoms with Gasteiger partial charge in [-0.1, -0.05) is 84.8 Å². The minimum atomic E-state index is -0.126. The van der Waals surface area contributed by atoms with Crippen molar-refractivity contribution >= 4 is 90.1 Å². The van der Waals surface area contributed by atoms with Crippen LogP contribution in [0.5, 0.6) is 0 Å². The van der Waals surface area contributed by atoms with Crippen molar-refractivity contribution in [1.82, 2.24) is 14.5 Å². The Morgan fingerprint density at radius 2 is 1.19 bits per heavy atom. The maximum atomic E-state index is 6.51. The molecule has 2 aliphatic rings. The van der Waals surface area contributed by atoms with Crippen LogP contribution in [-0.2, 0) is 6.42 Å². The molecule has 0 N–H and O–H groups in total. The van der Waals surface area contributed by atoms with Crippen LogP contribution in [0.15, 0.2) is 144 Å². The van der Waals surface area contributed by atoms with E-state index in [9.17, 15) is 0 Å². The summed E-state index contributed by atoms with van der Waals surface area (Å²) in [6, 6.07) is 49.0. The molecule has 0 spiro atoms. The Morgan fingerprint density at radius 3 is 1.86 bits per heavy atom. The van der Waals surface area contributed by atoms with E-state index in [4.69, 9.17) is 14.4 Å². The summed E-state index contributed by atoms with van der Waals surface area (Å²) < 4.78 is 8.85. The molecule has 7 heteroatoms. The minimum absolute atomic E-state index is 0.126. The van der Waals surface area contributed by atoms with Gasteiger partial charge in [-0.05, 0) is 159 Å². The van der Waals surface area contributed by atoms with Crippen LogP contribution in [0.4, 0.5) is 34.1 Å². The number of pyridine rings is 1. The van der Waals surface area contributed by atoms with Crippen LogP contribution >= 0.6 is 0 Å². The average Bonchev–Trinajstić information content (AvgIpc) is 3.86. The summed E-state index contributed by atoms with van der Waals surface area (Å²) in [5.41, 5.74) is 24.6. The predicted octanol–water partition coefficient (Wildman–Crippen LogP) is 12.5. The molecule has 7 aromatic carbocycles. The maximum absolute atomic E-state index is 6.51. The normalized spacial score (nSPS) is 13.0. The fourth-order valence-corrected chi connectivity index (χ4v) is 11.1. The lowest BCUT2D eigenvalue weighted by Gasteiger charge is -2.45. The number of hydrogen-bond donors (Lipinski definition) is 0. The van der Waals surface area contributed by atoms with Gasteiger partial charge in [0.15, 0.2) is 5.58 Å². The van der Waals surface area contributed by atoms with Crippen molar-refractivity contribution in [3.8, 4) is 17.3 Å². The van der Waals surface area contributed by atoms with Crippen molar-refractivity contribution in [2.75, 3.05) is 9.80 Å². The predicted molar refractivity (Wildman–Crippen MR) is 263 cm³/mol. The molecule has 63 heavy (non-hydrogen) atoms. The number of aromatic nitrogens is 3. The summed E-state index contributed by atoms with van der Waals surface area (Å²) in [6.45, 7) is 15.6. The van der Waals surface area contributed by atoms with Crippen molar-refractivity contribution in [2.45, 2.75) is 54.9 Å². The molecule has 6 nitrogen and oxygen atoms in total. The van der Waals surface area contributed by atoms with E-state index in [1.807, 2.05) is 36.5 Å². The van der Waals surface area contributed by atoms with Gasteiger partial charge < -0.3 is 14.2 Å². The Morgan fingerprint density at radius 1 is 0.556 bits per heavy atom. The maximum Gasteiger partial charge on any atom is 0.252 e. The first-order valence-corrected chi connectivity index (χ1v) is 22.1. The minimum Gasteiger partial charge on any atom is -0.436 e. The molecule has 304 valence electrons. The molecule has 2 aliphatic heterocycles. The third kappa shape index (κ3) is 5.51. The van der Waals surface area contributed by atoms with E-state index in [-0.39, 0.29) is 6.71 Å². The number of benzene rings is 7. The van der Waals surface area contributed by atoms with Crippen molar-refractivity contribution in [3.05, 3.63) is 179 Å². The fraction of sp³-hybridized carbons (Fsp3) is 0.143. The highest BCUT2D eigenvalue weighted by molar-refractivity contribution is 7.00. The van der Waals surface area contributed by atoms with E-state index in [0.717, 1.165) is 45.6 Å². The van der Waals surface area contributed by atoms with Gasteiger partial charge in [-0.2, -0.15) is 0 Å². The highest BCUT2D eigenvalue weighted by atomic mass is 16.3. The van der Waals surface area contributed by atoms with Crippen LogP contribution in [-0.4, -0.2) is 21.2 Å². The molecule has 0 saturated carbocycles. The molecule has 3 aromatic heterocycles. The Bertz CT molecular complexity index is 3470. The number of rotatable bonds is 5. The third-order valence-corrected chi connectivity index (χ3v) is 13.5. The van der Waals surface area contributed by atoms with Gasteiger partial charge in [0.1, 0.15) is 11.3 Å². The first-order valence-electron chi connectivity index (χ1n) is 22.1. The molecule has 0 amide bonds. The van der Waals surface area contributed by atoms with Gasteiger partial charge in [-0.25, -0.2) is 9.97 Å². The van der Waals surface area contributed by atoms with E-state index in [1.54, 1.807) is 0 Å². The van der Waals surface area contributed by atoms with Gasteiger partial charge in [0, 0.05) is 45.3 Å². The lowest BCUT2D eigenvalue weighted by molar-refractivity contribution is 0.620. The molecule has 10 aromatic rings. The van der Waals surface area contributed by atoms with Gasteiger partial charge >= 0.3 is 0 Å². The number of para-hydroxylation sites is 3. The van der Waals surface area contributed by atoms with Crippen molar-refractivity contribution in [2.24, 2.45) is 0 Å². The largest absolute Gasteiger partial charge is 0.436 e. The summed E-state index contributed by atoms with van der Waals surface area (Å²) in [6.07, 6.45) is 2.79. The average molecular weight is 816 g/mol. The topological polar surface area (TPSA) is 50.3 Å². The van der Waals surface area contributed by atoms with Crippen LogP contribution in [0.2, 0.25) is 0 Å². The first-order chi connectivity index (χ1) is 30.7. The highest BCUT2D eigenvalue weighted by Gasteiger charge is 2.45. The van der Waals surface area contributed by atoms with E-state index >= 15 is 0 Å². The molecule has 0 bridgehead atoms. The molecular formula is C56H46BN5O. The number of oxazole rings is 1. The van der Waals surface area contributed by atoms with Gasteiger partial charge in [0.05, 0.1) is 22.4 Å². The second-order valence-electron chi connectivity index (χ2n) is 17.7. The van der Waals surface area contributed by atoms with E-state index in [2.05, 4.69) is 166 Å². The summed E-state index contributed by atoms with van der Waals surface area (Å²) in [4.78, 5) is 15.1. The smallest absolute Gasteiger partial charge is 0.252 e. The van der Waals surface area contributed by atoms with Crippen molar-refractivity contribution in [1.29, 1.82) is 0 Å². The van der Waals surface area contributed by atoms with E-state index in [1.165, 1.54) is 94.5 Å². The van der Waals surface area contributed by atoms with Crippen LogP contribution in [0.3, 0.4) is 0 Å². The second kappa shape index (κ2) is 13.8. The summed E-state index contributed by atoms with van der Waals surface area (Å²) in [5, 5.41) is 2.40. The summed E-state index contributed by atoms with van der Waals surface area (Å²) in [5.74, 6) is 1.52. The zero-order valence-corrected chi connectivity index (χ0v) is 36.7. The van der Waals surface area contributed by atoms with E-state index < -0.39 is 0 Å². The molecule has 0 saturated heterocycles. The highest BCUT2D eigenvalue weighted by Crippen LogP contribution is 2.49. The molecule has 0 aliphatic carbocycles. The number of aryl methyl sites for hydroxylation is 7. The number of anilines is 6. The quantitative estimate of drug-likeness (QED) is 0.162. The van der Waals surface area contributed by atoms with Crippen molar-refractivity contribution < 1.29 is 4.42 Å². The standard InChI is InChI=1S/C56H46BN5O/c1-8-38-27-49-53-50(28-38)62(55-36(6)25-33(3)26-37(55)7)48-30-41-40-15-9-11-17-45(40)60(52-19-13-14-22-58-52)47(41)31-43(48)57(53)42-29-39(56-59-44-16-10-12-18-51(44)63-56)20-21-46(42)61(49)54-34(4)23-32(2)24-35(54)5/h9-31H,8H2,1-7H3. The zero-order chi connectivity index (χ0) is 42.8. The van der Waals surface area contributed by atoms with Gasteiger partial charge in [0.2, 0.25) is 5.89 Å². The Hall–Kier alpha value is -7.38. The van der Waals surface area contributed by atoms with Crippen molar-refractivity contribution in [3.63, 3.8) is 0 Å². The molecule has 0 atom stereocenters. The van der Waals surface area contributed by atoms with Gasteiger partial charge in [-0.15, -0.1) is 0 Å². The van der Waals surface area contributed by atoms with Gasteiger partial charge in [-0.3, -0.25) is 4.57 Å². The van der Waals surface area contributed by atoms with E-state index in [0.29, 0.717) is 5.89 Å². The van der Waals surface area contributed by atoms with Crippen LogP contribution in [0.25, 0.3) is 50.2 Å². The lowest BCUT2D eigenvalue weighted by Crippen LogP contribution is -2.61. The van der Waals surface area contributed by atoms with Crippen LogP contribution < -0.4 is 26.2 Å². The Balaban J connectivity index is 1.25. The Labute approximate surface area is 368 Å². The monoisotopic (exact) mass is 815 g/mol. The first kappa shape index (κ1) is 37.4. The lowest BCUT2D eigenvalue weighted by atomic mass is 9.33. The summed E-state index contributed by atoms with van der Waals surface area (Å²) in [7, 11) is 0.